The summed E-state index contributed by atoms with van der Waals surface area (Å²) in [6, 6.07) is 72.0. The molecule has 0 spiro atoms. The molecule has 10 aromatic rings. The van der Waals surface area contributed by atoms with E-state index < -0.39 is 7.14 Å². The summed E-state index contributed by atoms with van der Waals surface area (Å²) in [7, 11) is -0.0731. The SMILES string of the molecule is COc1cccc(OC)c1[C+]1c2sc(-c3ccc(N(c4ccccc4C)c4ccccc4C)cc3)cc2P(=O)(c2ccccc2)c2cc(-c3ccc(N(c4ccccc4C)c4ccccc4C)cc3)sc21. The molecule has 0 aliphatic carbocycles. The molecule has 1 aliphatic rings. The Morgan fingerprint density at radius 2 is 0.775 bits per heavy atom. The van der Waals surface area contributed by atoms with Crippen molar-refractivity contribution in [3.63, 3.8) is 0 Å². The van der Waals surface area contributed by atoms with Crippen molar-refractivity contribution in [3.05, 3.63) is 250 Å². The predicted octanol–water partition coefficient (Wildman–Crippen LogP) is 16.3. The third-order valence-corrected chi connectivity index (χ3v) is 19.4. The third-order valence-electron chi connectivity index (χ3n) is 13.6. The molecule has 0 bridgehead atoms. The highest BCUT2D eigenvalue weighted by molar-refractivity contribution is 7.86. The number of para-hydroxylation sites is 4. The van der Waals surface area contributed by atoms with Crippen molar-refractivity contribution in [1.82, 2.24) is 0 Å². The van der Waals surface area contributed by atoms with Crippen LogP contribution in [0.2, 0.25) is 0 Å². The van der Waals surface area contributed by atoms with E-state index in [-0.39, 0.29) is 0 Å². The van der Waals surface area contributed by atoms with E-state index in [1.54, 1.807) is 36.9 Å². The molecule has 3 heterocycles. The monoisotopic (exact) mass is 979 g/mol. The minimum absolute atomic E-state index is 0.686. The van der Waals surface area contributed by atoms with Crippen molar-refractivity contribution in [2.45, 2.75) is 27.7 Å². The van der Waals surface area contributed by atoms with Gasteiger partial charge in [-0.25, -0.2) is 0 Å². The molecule has 8 aromatic carbocycles. The molecule has 0 saturated heterocycles. The van der Waals surface area contributed by atoms with E-state index in [9.17, 15) is 0 Å². The number of nitrogens with zero attached hydrogens (tertiary/aromatic N) is 2. The van der Waals surface area contributed by atoms with Crippen LogP contribution in [0.1, 0.15) is 37.6 Å². The Kier molecular flexibility index (Phi) is 12.3. The number of ether oxygens (including phenoxy) is 2. The molecule has 0 unspecified atom stereocenters. The first-order chi connectivity index (χ1) is 34.7. The molecule has 11 rings (SSSR count). The second-order valence-electron chi connectivity index (χ2n) is 17.9. The molecular formula is C63H52N2O3PS2+. The van der Waals surface area contributed by atoms with Crippen LogP contribution in [0.5, 0.6) is 11.5 Å². The number of benzene rings is 8. The van der Waals surface area contributed by atoms with Gasteiger partial charge in [-0.15, -0.1) is 22.7 Å². The zero-order valence-electron chi connectivity index (χ0n) is 40.5. The summed E-state index contributed by atoms with van der Waals surface area (Å²) in [5.74, 6) is 2.33. The molecule has 0 fully saturated rings. The van der Waals surface area contributed by atoms with Gasteiger partial charge >= 0.3 is 0 Å². The first kappa shape index (κ1) is 45.9. The van der Waals surface area contributed by atoms with Crippen LogP contribution in [0, 0.1) is 33.6 Å². The smallest absolute Gasteiger partial charge is 0.232 e. The molecule has 2 aromatic heterocycles. The average Bonchev–Trinajstić information content (AvgIpc) is 4.07. The topological polar surface area (TPSA) is 42.0 Å². The Labute approximate surface area is 425 Å². The van der Waals surface area contributed by atoms with E-state index in [2.05, 4.69) is 195 Å². The number of fused-ring (bicyclic) bond motifs is 2. The van der Waals surface area contributed by atoms with Gasteiger partial charge in [0, 0.05) is 73.4 Å². The Morgan fingerprint density at radius 1 is 0.423 bits per heavy atom. The molecule has 0 radical (unpaired) electrons. The van der Waals surface area contributed by atoms with E-state index in [1.165, 1.54) is 22.3 Å². The van der Waals surface area contributed by atoms with E-state index >= 15 is 4.57 Å². The molecular weight excluding hydrogens is 928 g/mol. The van der Waals surface area contributed by atoms with Crippen LogP contribution < -0.4 is 35.2 Å². The lowest BCUT2D eigenvalue weighted by molar-refractivity contribution is 0.389. The third kappa shape index (κ3) is 8.05. The lowest BCUT2D eigenvalue weighted by Gasteiger charge is -2.28. The summed E-state index contributed by atoms with van der Waals surface area (Å²) < 4.78 is 29.2. The molecule has 5 nitrogen and oxygen atoms in total. The highest BCUT2D eigenvalue weighted by atomic mass is 32.1. The summed E-state index contributed by atoms with van der Waals surface area (Å²) in [4.78, 5) is 8.63. The van der Waals surface area contributed by atoms with Crippen LogP contribution >= 0.6 is 29.8 Å². The largest absolute Gasteiger partial charge is 0.461 e. The maximum atomic E-state index is 16.8. The van der Waals surface area contributed by atoms with Gasteiger partial charge in [-0.3, -0.25) is 4.57 Å². The predicted molar refractivity (Wildman–Crippen MR) is 301 cm³/mol. The van der Waals surface area contributed by atoms with E-state index in [1.807, 2.05) is 48.5 Å². The number of rotatable bonds is 12. The normalized spacial score (nSPS) is 12.5. The number of thiophene rings is 2. The van der Waals surface area contributed by atoms with E-state index in [0.717, 1.165) is 92.2 Å². The Balaban J connectivity index is 1.07. The lowest BCUT2D eigenvalue weighted by atomic mass is 9.93. The zero-order chi connectivity index (χ0) is 48.8. The van der Waals surface area contributed by atoms with Crippen molar-refractivity contribution in [3.8, 4) is 32.4 Å². The number of hydrogen-bond acceptors (Lipinski definition) is 7. The molecule has 348 valence electrons. The maximum Gasteiger partial charge on any atom is 0.232 e. The second-order valence-corrected chi connectivity index (χ2v) is 22.7. The van der Waals surface area contributed by atoms with Crippen LogP contribution in [-0.2, 0) is 4.57 Å². The Hall–Kier alpha value is -7.54. The van der Waals surface area contributed by atoms with Gasteiger partial charge in [0.15, 0.2) is 17.1 Å². The van der Waals surface area contributed by atoms with Crippen molar-refractivity contribution in [2.75, 3.05) is 24.0 Å². The first-order valence-corrected chi connectivity index (χ1v) is 27.1. The van der Waals surface area contributed by atoms with Gasteiger partial charge in [-0.1, -0.05) is 115 Å². The van der Waals surface area contributed by atoms with E-state index in [0.29, 0.717) is 11.5 Å². The van der Waals surface area contributed by atoms with Gasteiger partial charge in [0.1, 0.15) is 15.7 Å². The minimum Gasteiger partial charge on any atom is -0.461 e. The molecule has 71 heavy (non-hydrogen) atoms. The van der Waals surface area contributed by atoms with Crippen molar-refractivity contribution >= 4 is 79.9 Å². The second kappa shape index (κ2) is 19.0. The zero-order valence-corrected chi connectivity index (χ0v) is 43.0. The molecule has 0 atom stereocenters. The highest BCUT2D eigenvalue weighted by Crippen LogP contribution is 2.59. The Morgan fingerprint density at radius 3 is 1.13 bits per heavy atom. The maximum absolute atomic E-state index is 16.8. The molecule has 0 saturated carbocycles. The van der Waals surface area contributed by atoms with Gasteiger partial charge in [-0.2, -0.15) is 0 Å². The highest BCUT2D eigenvalue weighted by Gasteiger charge is 2.52. The van der Waals surface area contributed by atoms with Crippen LogP contribution in [-0.4, -0.2) is 14.2 Å². The van der Waals surface area contributed by atoms with Gasteiger partial charge in [-0.05, 0) is 128 Å². The Bertz CT molecular complexity index is 3320. The number of methoxy groups -OCH3 is 2. The van der Waals surface area contributed by atoms with Gasteiger partial charge < -0.3 is 19.3 Å². The fourth-order valence-corrected chi connectivity index (χ4v) is 16.3. The summed E-state index contributed by atoms with van der Waals surface area (Å²) in [6.07, 6.45) is 0. The lowest BCUT2D eigenvalue weighted by Crippen LogP contribution is -2.33. The fourth-order valence-electron chi connectivity index (χ4n) is 9.97. The summed E-state index contributed by atoms with van der Waals surface area (Å²) in [5.41, 5.74) is 14.3. The summed E-state index contributed by atoms with van der Waals surface area (Å²) >= 11 is 3.36. The average molecular weight is 980 g/mol. The standard InChI is InChI=1S/C63H52N2O3PS2/c1-41-19-10-14-25-50(41)64(51-26-15-11-20-42(51)2)47-35-31-45(32-36-47)58-39-56-62(70-58)61(60-54(67-5)29-18-30-55(60)68-6)63-57(69(56,66)49-23-8-7-9-24-49)40-59(71-63)46-33-37-48(38-34-46)65(52-27-16-12-21-43(52)3)53-28-17-13-22-44(53)4/h7-40H,1-6H3/q+1. The first-order valence-electron chi connectivity index (χ1n) is 23.7. The molecule has 0 N–H and O–H groups in total. The van der Waals surface area contributed by atoms with Gasteiger partial charge in [0.25, 0.3) is 0 Å². The fraction of sp³-hybridized carbons (Fsp3) is 0.0952. The van der Waals surface area contributed by atoms with Crippen molar-refractivity contribution in [1.29, 1.82) is 0 Å². The molecule has 0 amide bonds. The quantitative estimate of drug-likeness (QED) is 0.0901. The van der Waals surface area contributed by atoms with Gasteiger partial charge in [0.05, 0.1) is 24.8 Å². The number of anilines is 6. The summed E-state index contributed by atoms with van der Waals surface area (Å²) in [5, 5.41) is 2.43. The van der Waals surface area contributed by atoms with E-state index in [4.69, 9.17) is 9.47 Å². The number of aryl methyl sites for hydroxylation is 4. The minimum atomic E-state index is -3.48. The molecule has 8 heteroatoms. The van der Waals surface area contributed by atoms with Crippen LogP contribution in [0.15, 0.2) is 206 Å². The summed E-state index contributed by atoms with van der Waals surface area (Å²) in [6.45, 7) is 8.64. The number of hydrogen-bond donors (Lipinski definition) is 0. The van der Waals surface area contributed by atoms with Crippen LogP contribution in [0.25, 0.3) is 20.9 Å². The van der Waals surface area contributed by atoms with Crippen LogP contribution in [0.4, 0.5) is 34.1 Å². The van der Waals surface area contributed by atoms with Crippen molar-refractivity contribution < 1.29 is 14.0 Å². The van der Waals surface area contributed by atoms with Crippen LogP contribution in [0.3, 0.4) is 0 Å². The molecule has 1 aliphatic heterocycles. The van der Waals surface area contributed by atoms with Crippen molar-refractivity contribution in [2.24, 2.45) is 0 Å². The van der Waals surface area contributed by atoms with Gasteiger partial charge in [0.2, 0.25) is 7.14 Å².